The van der Waals surface area contributed by atoms with E-state index in [1.807, 2.05) is 18.0 Å². The van der Waals surface area contributed by atoms with Gasteiger partial charge in [0.15, 0.2) is 0 Å². The van der Waals surface area contributed by atoms with Crippen molar-refractivity contribution in [2.24, 2.45) is 0 Å². The van der Waals surface area contributed by atoms with Gasteiger partial charge < -0.3 is 4.90 Å². The summed E-state index contributed by atoms with van der Waals surface area (Å²) in [7, 11) is 3.67. The van der Waals surface area contributed by atoms with E-state index in [-0.39, 0.29) is 5.91 Å². The molecular weight excluding hydrogens is 178 g/mol. The predicted molar refractivity (Wildman–Crippen MR) is 55.7 cm³/mol. The SMILES string of the molecule is CCCN(C)CC(=O)N(C)CCC#N. The molecule has 0 N–H and O–H groups in total. The van der Waals surface area contributed by atoms with E-state index in [1.54, 1.807) is 11.9 Å². The van der Waals surface area contributed by atoms with Gasteiger partial charge in [-0.3, -0.25) is 9.69 Å². The van der Waals surface area contributed by atoms with E-state index >= 15 is 0 Å². The molecule has 4 nitrogen and oxygen atoms in total. The summed E-state index contributed by atoms with van der Waals surface area (Å²) >= 11 is 0. The van der Waals surface area contributed by atoms with Crippen LogP contribution in [0.25, 0.3) is 0 Å². The van der Waals surface area contributed by atoms with Gasteiger partial charge in [0.1, 0.15) is 0 Å². The Morgan fingerprint density at radius 2 is 2.00 bits per heavy atom. The summed E-state index contributed by atoms with van der Waals surface area (Å²) in [4.78, 5) is 15.1. The molecule has 0 unspecified atom stereocenters. The van der Waals surface area contributed by atoms with Gasteiger partial charge in [-0.1, -0.05) is 6.92 Å². The zero-order chi connectivity index (χ0) is 11.0. The van der Waals surface area contributed by atoms with Crippen LogP contribution < -0.4 is 0 Å². The molecule has 0 aromatic heterocycles. The maximum absolute atomic E-state index is 11.5. The maximum atomic E-state index is 11.5. The second kappa shape index (κ2) is 7.34. The van der Waals surface area contributed by atoms with Gasteiger partial charge in [0, 0.05) is 13.6 Å². The Labute approximate surface area is 86.1 Å². The molecule has 0 aliphatic rings. The van der Waals surface area contributed by atoms with Crippen LogP contribution >= 0.6 is 0 Å². The van der Waals surface area contributed by atoms with Crippen LogP contribution in [0.3, 0.4) is 0 Å². The molecule has 0 fully saturated rings. The molecule has 0 saturated heterocycles. The van der Waals surface area contributed by atoms with E-state index in [0.29, 0.717) is 19.5 Å². The fraction of sp³-hybridized carbons (Fsp3) is 0.800. The molecule has 14 heavy (non-hydrogen) atoms. The molecule has 0 saturated carbocycles. The number of amides is 1. The Hall–Kier alpha value is -1.08. The second-order valence-electron chi connectivity index (χ2n) is 3.46. The molecule has 0 rings (SSSR count). The van der Waals surface area contributed by atoms with Crippen molar-refractivity contribution in [1.29, 1.82) is 5.26 Å². The van der Waals surface area contributed by atoms with Crippen LogP contribution in [-0.4, -0.2) is 49.4 Å². The number of carbonyl (C=O) groups is 1. The van der Waals surface area contributed by atoms with Crippen LogP contribution in [0.5, 0.6) is 0 Å². The minimum atomic E-state index is 0.0798. The number of nitriles is 1. The molecular formula is C10H19N3O. The molecule has 0 aliphatic carbocycles. The third-order valence-corrected chi connectivity index (χ3v) is 2.00. The Morgan fingerprint density at radius 1 is 1.36 bits per heavy atom. The van der Waals surface area contributed by atoms with Gasteiger partial charge in [-0.05, 0) is 20.0 Å². The zero-order valence-corrected chi connectivity index (χ0v) is 9.29. The quantitative estimate of drug-likeness (QED) is 0.629. The second-order valence-corrected chi connectivity index (χ2v) is 3.46. The molecule has 0 atom stereocenters. The lowest BCUT2D eigenvalue weighted by Gasteiger charge is -2.20. The zero-order valence-electron chi connectivity index (χ0n) is 9.29. The van der Waals surface area contributed by atoms with Crippen molar-refractivity contribution >= 4 is 5.91 Å². The van der Waals surface area contributed by atoms with Crippen molar-refractivity contribution in [1.82, 2.24) is 9.80 Å². The highest BCUT2D eigenvalue weighted by Crippen LogP contribution is 1.92. The van der Waals surface area contributed by atoms with E-state index in [2.05, 4.69) is 6.92 Å². The van der Waals surface area contributed by atoms with Crippen molar-refractivity contribution in [3.8, 4) is 6.07 Å². The molecule has 0 aromatic carbocycles. The Bertz CT molecular complexity index is 210. The van der Waals surface area contributed by atoms with E-state index in [1.165, 1.54) is 0 Å². The summed E-state index contributed by atoms with van der Waals surface area (Å²) in [6, 6.07) is 2.02. The standard InChI is InChI=1S/C10H19N3O/c1-4-7-12(2)9-10(14)13(3)8-5-6-11/h4-5,7-9H2,1-3H3. The molecule has 4 heteroatoms. The van der Waals surface area contributed by atoms with Gasteiger partial charge in [0.05, 0.1) is 19.0 Å². The Morgan fingerprint density at radius 3 is 2.50 bits per heavy atom. The van der Waals surface area contributed by atoms with Crippen molar-refractivity contribution in [3.63, 3.8) is 0 Å². The van der Waals surface area contributed by atoms with E-state index in [9.17, 15) is 4.79 Å². The summed E-state index contributed by atoms with van der Waals surface area (Å²) in [5.74, 6) is 0.0798. The smallest absolute Gasteiger partial charge is 0.236 e. The molecule has 0 heterocycles. The summed E-state index contributed by atoms with van der Waals surface area (Å²) in [5, 5.41) is 8.36. The van der Waals surface area contributed by atoms with Gasteiger partial charge in [0.25, 0.3) is 0 Å². The molecule has 0 aromatic rings. The maximum Gasteiger partial charge on any atom is 0.236 e. The average molecular weight is 197 g/mol. The topological polar surface area (TPSA) is 47.3 Å². The lowest BCUT2D eigenvalue weighted by molar-refractivity contribution is -0.130. The first-order valence-corrected chi connectivity index (χ1v) is 4.91. The van der Waals surface area contributed by atoms with Gasteiger partial charge in [-0.2, -0.15) is 5.26 Å². The first kappa shape index (κ1) is 12.9. The lowest BCUT2D eigenvalue weighted by atomic mass is 10.4. The number of hydrogen-bond donors (Lipinski definition) is 0. The summed E-state index contributed by atoms with van der Waals surface area (Å²) in [6.07, 6.45) is 1.45. The fourth-order valence-electron chi connectivity index (χ4n) is 1.15. The summed E-state index contributed by atoms with van der Waals surface area (Å²) in [5.41, 5.74) is 0. The lowest BCUT2D eigenvalue weighted by Crippen LogP contribution is -2.37. The van der Waals surface area contributed by atoms with Gasteiger partial charge in [-0.15, -0.1) is 0 Å². The van der Waals surface area contributed by atoms with Crippen LogP contribution in [0.2, 0.25) is 0 Å². The first-order valence-electron chi connectivity index (χ1n) is 4.91. The number of hydrogen-bond acceptors (Lipinski definition) is 3. The molecule has 0 bridgehead atoms. The minimum absolute atomic E-state index is 0.0798. The van der Waals surface area contributed by atoms with Crippen molar-refractivity contribution in [2.75, 3.05) is 33.7 Å². The Kier molecular flexibility index (Phi) is 6.77. The molecule has 80 valence electrons. The highest BCUT2D eigenvalue weighted by Gasteiger charge is 2.10. The number of likely N-dealkylation sites (N-methyl/N-ethyl adjacent to an activating group) is 2. The predicted octanol–water partition coefficient (Wildman–Crippen LogP) is 0.700. The van der Waals surface area contributed by atoms with Gasteiger partial charge in [0.2, 0.25) is 5.91 Å². The molecule has 0 radical (unpaired) electrons. The van der Waals surface area contributed by atoms with E-state index in [4.69, 9.17) is 5.26 Å². The monoisotopic (exact) mass is 197 g/mol. The highest BCUT2D eigenvalue weighted by molar-refractivity contribution is 5.77. The molecule has 0 aliphatic heterocycles. The first-order chi connectivity index (χ1) is 6.61. The molecule has 1 amide bonds. The largest absolute Gasteiger partial charge is 0.344 e. The van der Waals surface area contributed by atoms with Crippen LogP contribution in [0, 0.1) is 11.3 Å². The van der Waals surface area contributed by atoms with Crippen molar-refractivity contribution < 1.29 is 4.79 Å². The summed E-state index contributed by atoms with van der Waals surface area (Å²) < 4.78 is 0. The van der Waals surface area contributed by atoms with Gasteiger partial charge in [-0.25, -0.2) is 0 Å². The van der Waals surface area contributed by atoms with E-state index < -0.39 is 0 Å². The van der Waals surface area contributed by atoms with Crippen molar-refractivity contribution in [2.45, 2.75) is 19.8 Å². The van der Waals surface area contributed by atoms with Crippen LogP contribution in [0.15, 0.2) is 0 Å². The number of carbonyl (C=O) groups excluding carboxylic acids is 1. The third-order valence-electron chi connectivity index (χ3n) is 2.00. The highest BCUT2D eigenvalue weighted by atomic mass is 16.2. The molecule has 0 spiro atoms. The van der Waals surface area contributed by atoms with Gasteiger partial charge >= 0.3 is 0 Å². The normalized spacial score (nSPS) is 9.93. The summed E-state index contributed by atoms with van der Waals surface area (Å²) in [6.45, 7) is 3.98. The minimum Gasteiger partial charge on any atom is -0.344 e. The van der Waals surface area contributed by atoms with Crippen molar-refractivity contribution in [3.05, 3.63) is 0 Å². The Balaban J connectivity index is 3.77. The fourth-order valence-corrected chi connectivity index (χ4v) is 1.15. The van der Waals surface area contributed by atoms with Crippen LogP contribution in [-0.2, 0) is 4.79 Å². The number of nitrogens with zero attached hydrogens (tertiary/aromatic N) is 3. The van der Waals surface area contributed by atoms with Crippen LogP contribution in [0.1, 0.15) is 19.8 Å². The van der Waals surface area contributed by atoms with E-state index in [0.717, 1.165) is 13.0 Å². The number of rotatable bonds is 6. The van der Waals surface area contributed by atoms with Crippen LogP contribution in [0.4, 0.5) is 0 Å². The average Bonchev–Trinajstić information content (AvgIpc) is 2.14. The third kappa shape index (κ3) is 5.55.